The van der Waals surface area contributed by atoms with E-state index in [1.807, 2.05) is 0 Å². The molecule has 2 nitrogen and oxygen atoms in total. The van der Waals surface area contributed by atoms with E-state index in [2.05, 4.69) is 0 Å². The van der Waals surface area contributed by atoms with Crippen LogP contribution in [0.4, 0.5) is 26.3 Å². The van der Waals surface area contributed by atoms with Crippen LogP contribution in [0.2, 0.25) is 0 Å². The standard InChI is InChI=1S/C21H22F6O2/c22-20(23,24)15-5-7-16(8-6-15)29-18-10-4-14-12-13(2-1-11-28)3-9-17(14)19(18)21(25,26)27/h3-4,9-10,12,15-16,28H,1-2,5-8,11H2. The molecule has 0 bridgehead atoms. The molecule has 1 saturated carbocycles. The van der Waals surface area contributed by atoms with Crippen molar-refractivity contribution in [1.29, 1.82) is 0 Å². The first-order chi connectivity index (χ1) is 13.6. The van der Waals surface area contributed by atoms with Crippen molar-refractivity contribution in [1.82, 2.24) is 0 Å². The molecular formula is C21H22F6O2. The first-order valence-corrected chi connectivity index (χ1v) is 9.56. The third-order valence-electron chi connectivity index (χ3n) is 5.38. The highest BCUT2D eigenvalue weighted by Crippen LogP contribution is 2.44. The van der Waals surface area contributed by atoms with Crippen molar-refractivity contribution in [2.45, 2.75) is 57.0 Å². The minimum atomic E-state index is -4.66. The average Bonchev–Trinajstić information content (AvgIpc) is 2.64. The fraction of sp³-hybridized carbons (Fsp3) is 0.524. The minimum Gasteiger partial charge on any atom is -0.490 e. The van der Waals surface area contributed by atoms with Crippen LogP contribution in [0.1, 0.15) is 43.2 Å². The number of ether oxygens (including phenoxy) is 1. The van der Waals surface area contributed by atoms with E-state index in [0.29, 0.717) is 18.2 Å². The van der Waals surface area contributed by atoms with Gasteiger partial charge in [-0.25, -0.2) is 0 Å². The molecule has 0 spiro atoms. The predicted octanol–water partition coefficient (Wildman–Crippen LogP) is 6.28. The molecule has 29 heavy (non-hydrogen) atoms. The summed E-state index contributed by atoms with van der Waals surface area (Å²) in [6, 6.07) is 7.41. The SMILES string of the molecule is OCCCc1ccc2c(C(F)(F)F)c(OC3CCC(C(F)(F)F)CC3)ccc2c1. The molecule has 1 aliphatic carbocycles. The topological polar surface area (TPSA) is 29.5 Å². The fourth-order valence-corrected chi connectivity index (χ4v) is 3.88. The number of hydrogen-bond acceptors (Lipinski definition) is 2. The Morgan fingerprint density at radius 3 is 2.21 bits per heavy atom. The van der Waals surface area contributed by atoms with Crippen LogP contribution in [0.5, 0.6) is 5.75 Å². The van der Waals surface area contributed by atoms with Crippen molar-refractivity contribution in [3.05, 3.63) is 41.5 Å². The number of alkyl halides is 6. The summed E-state index contributed by atoms with van der Waals surface area (Å²) in [5.74, 6) is -1.76. The molecular weight excluding hydrogens is 398 g/mol. The molecule has 0 aliphatic heterocycles. The van der Waals surface area contributed by atoms with Gasteiger partial charge in [0.25, 0.3) is 0 Å². The van der Waals surface area contributed by atoms with E-state index in [-0.39, 0.29) is 43.4 Å². The zero-order valence-electron chi connectivity index (χ0n) is 15.6. The van der Waals surface area contributed by atoms with E-state index in [0.717, 1.165) is 5.56 Å². The van der Waals surface area contributed by atoms with Crippen LogP contribution in [0.3, 0.4) is 0 Å². The lowest BCUT2D eigenvalue weighted by atomic mass is 9.87. The molecule has 8 heteroatoms. The van der Waals surface area contributed by atoms with Gasteiger partial charge in [0.1, 0.15) is 11.3 Å². The van der Waals surface area contributed by atoms with Gasteiger partial charge in [0.05, 0.1) is 12.0 Å². The van der Waals surface area contributed by atoms with E-state index < -0.39 is 29.9 Å². The summed E-state index contributed by atoms with van der Waals surface area (Å²) in [5, 5.41) is 9.31. The van der Waals surface area contributed by atoms with Gasteiger partial charge >= 0.3 is 12.4 Å². The number of aliphatic hydroxyl groups excluding tert-OH is 1. The molecule has 1 N–H and O–H groups in total. The summed E-state index contributed by atoms with van der Waals surface area (Å²) in [7, 11) is 0. The summed E-state index contributed by atoms with van der Waals surface area (Å²) in [5.41, 5.74) is -0.0829. The Morgan fingerprint density at radius 2 is 1.62 bits per heavy atom. The molecule has 160 valence electrons. The Balaban J connectivity index is 1.86. The number of fused-ring (bicyclic) bond motifs is 1. The number of aryl methyl sites for hydroxylation is 1. The maximum Gasteiger partial charge on any atom is 0.420 e. The zero-order valence-corrected chi connectivity index (χ0v) is 15.6. The molecule has 2 aromatic rings. The quantitative estimate of drug-likeness (QED) is 0.577. The van der Waals surface area contributed by atoms with E-state index in [4.69, 9.17) is 9.84 Å². The third-order valence-corrected chi connectivity index (χ3v) is 5.38. The Morgan fingerprint density at radius 1 is 0.931 bits per heavy atom. The second kappa shape index (κ2) is 8.42. The average molecular weight is 420 g/mol. The summed E-state index contributed by atoms with van der Waals surface area (Å²) in [4.78, 5) is 0. The lowest BCUT2D eigenvalue weighted by Crippen LogP contribution is -2.32. The van der Waals surface area contributed by atoms with Crippen LogP contribution in [-0.4, -0.2) is 24.0 Å². The van der Waals surface area contributed by atoms with Gasteiger partial charge < -0.3 is 9.84 Å². The number of aliphatic hydroxyl groups is 1. The van der Waals surface area contributed by atoms with Gasteiger partial charge in [-0.15, -0.1) is 0 Å². The number of benzene rings is 2. The molecule has 1 aliphatic rings. The number of hydrogen-bond donors (Lipinski definition) is 1. The summed E-state index contributed by atoms with van der Waals surface area (Å²) >= 11 is 0. The van der Waals surface area contributed by atoms with Crippen molar-refractivity contribution in [2.75, 3.05) is 6.61 Å². The Labute approximate surface area is 164 Å². The predicted molar refractivity (Wildman–Crippen MR) is 96.8 cm³/mol. The number of halogens is 6. The van der Waals surface area contributed by atoms with E-state index in [9.17, 15) is 26.3 Å². The molecule has 2 aromatic carbocycles. The molecule has 0 aromatic heterocycles. The van der Waals surface area contributed by atoms with E-state index >= 15 is 0 Å². The summed E-state index contributed by atoms with van der Waals surface area (Å²) in [6.07, 6.45) is -8.69. The molecule has 1 fully saturated rings. The smallest absolute Gasteiger partial charge is 0.420 e. The van der Waals surface area contributed by atoms with Gasteiger partial charge in [-0.05, 0) is 60.9 Å². The van der Waals surface area contributed by atoms with Gasteiger partial charge in [-0.2, -0.15) is 26.3 Å². The minimum absolute atomic E-state index is 0.00476. The molecule has 0 radical (unpaired) electrons. The van der Waals surface area contributed by atoms with Crippen LogP contribution in [0.25, 0.3) is 10.8 Å². The maximum atomic E-state index is 13.8. The lowest BCUT2D eigenvalue weighted by Gasteiger charge is -2.31. The highest BCUT2D eigenvalue weighted by atomic mass is 19.4. The van der Waals surface area contributed by atoms with E-state index in [1.165, 1.54) is 18.2 Å². The van der Waals surface area contributed by atoms with Crippen LogP contribution in [0.15, 0.2) is 30.3 Å². The van der Waals surface area contributed by atoms with Crippen LogP contribution >= 0.6 is 0 Å². The van der Waals surface area contributed by atoms with Crippen molar-refractivity contribution in [2.24, 2.45) is 5.92 Å². The molecule has 3 rings (SSSR count). The Hall–Kier alpha value is -1.96. The molecule has 0 saturated heterocycles. The second-order valence-corrected chi connectivity index (χ2v) is 7.45. The summed E-state index contributed by atoms with van der Waals surface area (Å²) in [6.45, 7) is -0.00476. The van der Waals surface area contributed by atoms with Crippen LogP contribution in [-0.2, 0) is 12.6 Å². The van der Waals surface area contributed by atoms with Gasteiger partial charge in [0.15, 0.2) is 0 Å². The van der Waals surface area contributed by atoms with Gasteiger partial charge in [-0.3, -0.25) is 0 Å². The number of rotatable bonds is 5. The van der Waals surface area contributed by atoms with Crippen molar-refractivity contribution in [3.63, 3.8) is 0 Å². The van der Waals surface area contributed by atoms with Crippen molar-refractivity contribution < 1.29 is 36.2 Å². The van der Waals surface area contributed by atoms with Gasteiger partial charge in [0, 0.05) is 6.61 Å². The fourth-order valence-electron chi connectivity index (χ4n) is 3.88. The molecule has 0 amide bonds. The first kappa shape index (κ1) is 21.7. The van der Waals surface area contributed by atoms with Crippen molar-refractivity contribution >= 4 is 10.8 Å². The highest BCUT2D eigenvalue weighted by Gasteiger charge is 2.42. The largest absolute Gasteiger partial charge is 0.490 e. The van der Waals surface area contributed by atoms with Crippen molar-refractivity contribution in [3.8, 4) is 5.75 Å². The Kier molecular flexibility index (Phi) is 6.31. The second-order valence-electron chi connectivity index (χ2n) is 7.45. The molecule has 0 atom stereocenters. The van der Waals surface area contributed by atoms with Crippen LogP contribution in [0, 0.1) is 5.92 Å². The van der Waals surface area contributed by atoms with Crippen LogP contribution < -0.4 is 4.74 Å². The van der Waals surface area contributed by atoms with Gasteiger partial charge in [0.2, 0.25) is 0 Å². The monoisotopic (exact) mass is 420 g/mol. The lowest BCUT2D eigenvalue weighted by molar-refractivity contribution is -0.185. The summed E-state index contributed by atoms with van der Waals surface area (Å²) < 4.78 is 85.3. The third kappa shape index (κ3) is 5.15. The maximum absolute atomic E-state index is 13.8. The molecule has 0 unspecified atom stereocenters. The van der Waals surface area contributed by atoms with Gasteiger partial charge in [-0.1, -0.05) is 24.3 Å². The first-order valence-electron chi connectivity index (χ1n) is 9.56. The van der Waals surface area contributed by atoms with E-state index in [1.54, 1.807) is 12.1 Å². The normalized spacial score (nSPS) is 20.8. The zero-order chi connectivity index (χ0) is 21.2. The Bertz CT molecular complexity index is 835. The molecule has 0 heterocycles. The highest BCUT2D eigenvalue weighted by molar-refractivity contribution is 5.89.